The minimum atomic E-state index is 0.367. The lowest BCUT2D eigenvalue weighted by Crippen LogP contribution is -2.01. The normalized spacial score (nSPS) is 10.2. The third-order valence-corrected chi connectivity index (χ3v) is 1.69. The molecule has 0 aliphatic heterocycles. The summed E-state index contributed by atoms with van der Waals surface area (Å²) in [5, 5.41) is 10.5. The first-order valence-corrected chi connectivity index (χ1v) is 3.71. The minimum Gasteiger partial charge on any atom is -0.470 e. The van der Waals surface area contributed by atoms with E-state index in [9.17, 15) is 0 Å². The van der Waals surface area contributed by atoms with E-state index in [4.69, 9.17) is 10.2 Å². The molecule has 2 aromatic rings. The number of nitrogens with zero attached hydrogens (tertiary/aromatic N) is 3. The van der Waals surface area contributed by atoms with Gasteiger partial charge >= 0.3 is 0 Å². The first-order valence-electron chi connectivity index (χ1n) is 3.71. The van der Waals surface area contributed by atoms with Crippen molar-refractivity contribution in [1.29, 1.82) is 0 Å². The molecule has 0 radical (unpaired) electrons. The third-order valence-electron chi connectivity index (χ3n) is 1.69. The molecule has 0 bridgehead atoms. The van der Waals surface area contributed by atoms with Crippen LogP contribution in [-0.2, 0) is 7.05 Å². The number of rotatable bonds is 2. The monoisotopic (exact) mass is 179 g/mol. The number of nitrogens with one attached hydrogen (secondary N) is 1. The lowest BCUT2D eigenvalue weighted by molar-refractivity contribution is 0.568. The van der Waals surface area contributed by atoms with Crippen molar-refractivity contribution < 1.29 is 4.42 Å². The highest BCUT2D eigenvalue weighted by Crippen LogP contribution is 2.14. The molecule has 2 aromatic heterocycles. The molecule has 0 aliphatic rings. The van der Waals surface area contributed by atoms with Crippen molar-refractivity contribution in [3.05, 3.63) is 18.6 Å². The largest absolute Gasteiger partial charge is 0.470 e. The Morgan fingerprint density at radius 3 is 2.92 bits per heavy atom. The van der Waals surface area contributed by atoms with Gasteiger partial charge in [-0.1, -0.05) is 0 Å². The summed E-state index contributed by atoms with van der Waals surface area (Å²) >= 11 is 0. The van der Waals surface area contributed by atoms with E-state index in [0.29, 0.717) is 11.9 Å². The summed E-state index contributed by atoms with van der Waals surface area (Å²) in [6, 6.07) is 1.78. The zero-order valence-electron chi connectivity index (χ0n) is 7.06. The predicted octanol–water partition coefficient (Wildman–Crippen LogP) is 0.734. The Balaban J connectivity index is 2.24. The van der Waals surface area contributed by atoms with Crippen LogP contribution in [0.2, 0.25) is 0 Å². The number of furan rings is 1. The molecule has 0 amide bonds. The van der Waals surface area contributed by atoms with Gasteiger partial charge in [0.05, 0.1) is 12.0 Å². The van der Waals surface area contributed by atoms with Gasteiger partial charge in [0.1, 0.15) is 6.26 Å². The summed E-state index contributed by atoms with van der Waals surface area (Å²) in [6.07, 6.45) is 3.15. The number of anilines is 3. The number of nitrogen functional groups attached to an aromatic ring is 1. The third kappa shape index (κ3) is 1.33. The van der Waals surface area contributed by atoms with Gasteiger partial charge in [-0.05, 0) is 6.07 Å². The average Bonchev–Trinajstić information content (AvgIpc) is 2.71. The summed E-state index contributed by atoms with van der Waals surface area (Å²) < 4.78 is 6.53. The molecular weight excluding hydrogens is 170 g/mol. The quantitative estimate of drug-likeness (QED) is 0.710. The van der Waals surface area contributed by atoms with E-state index in [1.54, 1.807) is 30.2 Å². The van der Waals surface area contributed by atoms with E-state index in [1.165, 1.54) is 0 Å². The van der Waals surface area contributed by atoms with Crippen molar-refractivity contribution in [1.82, 2.24) is 14.8 Å². The van der Waals surface area contributed by atoms with Gasteiger partial charge in [-0.15, -0.1) is 10.2 Å². The number of hydrogen-bond acceptors (Lipinski definition) is 5. The molecule has 68 valence electrons. The highest BCUT2D eigenvalue weighted by atomic mass is 16.3. The van der Waals surface area contributed by atoms with Crippen LogP contribution in [0.4, 0.5) is 17.6 Å². The molecule has 13 heavy (non-hydrogen) atoms. The van der Waals surface area contributed by atoms with Crippen LogP contribution in [-0.4, -0.2) is 14.8 Å². The van der Waals surface area contributed by atoms with E-state index in [2.05, 4.69) is 15.5 Å². The van der Waals surface area contributed by atoms with Gasteiger partial charge in [0.15, 0.2) is 0 Å². The molecule has 0 atom stereocenters. The molecule has 6 nitrogen and oxygen atoms in total. The zero-order chi connectivity index (χ0) is 9.26. The maximum atomic E-state index is 5.50. The summed E-state index contributed by atoms with van der Waals surface area (Å²) in [5.74, 6) is 0.949. The van der Waals surface area contributed by atoms with E-state index >= 15 is 0 Å². The van der Waals surface area contributed by atoms with Crippen LogP contribution in [0.25, 0.3) is 0 Å². The summed E-state index contributed by atoms with van der Waals surface area (Å²) in [5.41, 5.74) is 6.31. The first-order chi connectivity index (χ1) is 6.27. The van der Waals surface area contributed by atoms with Crippen molar-refractivity contribution >= 4 is 17.6 Å². The Labute approximate surface area is 74.4 Å². The van der Waals surface area contributed by atoms with E-state index < -0.39 is 0 Å². The van der Waals surface area contributed by atoms with Crippen LogP contribution in [0, 0.1) is 0 Å². The second-order valence-corrected chi connectivity index (χ2v) is 2.58. The maximum absolute atomic E-state index is 5.50. The number of nitrogens with two attached hydrogens (primary N) is 1. The molecule has 0 aromatic carbocycles. The highest BCUT2D eigenvalue weighted by Gasteiger charge is 2.05. The van der Waals surface area contributed by atoms with Crippen molar-refractivity contribution in [2.45, 2.75) is 0 Å². The maximum Gasteiger partial charge on any atom is 0.230 e. The van der Waals surface area contributed by atoms with Crippen molar-refractivity contribution in [2.24, 2.45) is 7.05 Å². The fourth-order valence-electron chi connectivity index (χ4n) is 0.915. The molecule has 2 rings (SSSR count). The Morgan fingerprint density at radius 1 is 1.54 bits per heavy atom. The predicted molar refractivity (Wildman–Crippen MR) is 47.4 cm³/mol. The van der Waals surface area contributed by atoms with Gasteiger partial charge < -0.3 is 15.5 Å². The van der Waals surface area contributed by atoms with Crippen LogP contribution < -0.4 is 11.1 Å². The Kier molecular flexibility index (Phi) is 1.66. The van der Waals surface area contributed by atoms with Gasteiger partial charge in [-0.2, -0.15) is 0 Å². The van der Waals surface area contributed by atoms with Crippen molar-refractivity contribution in [3.63, 3.8) is 0 Å². The fraction of sp³-hybridized carbons (Fsp3) is 0.143. The van der Waals surface area contributed by atoms with Crippen molar-refractivity contribution in [3.8, 4) is 0 Å². The number of aromatic nitrogens is 3. The molecule has 0 spiro atoms. The van der Waals surface area contributed by atoms with Crippen LogP contribution in [0.15, 0.2) is 23.0 Å². The lowest BCUT2D eigenvalue weighted by atomic mass is 10.5. The van der Waals surface area contributed by atoms with Gasteiger partial charge in [-0.25, -0.2) is 0 Å². The highest BCUT2D eigenvalue weighted by molar-refractivity contribution is 5.52. The first kappa shape index (κ1) is 7.66. The standard InChI is InChI=1S/C7H9N5O/c1-12-6(8)10-11-7(12)9-5-2-3-13-4-5/h2-4H,1H3,(H2,8,10)(H,9,11). The topological polar surface area (TPSA) is 81.9 Å². The lowest BCUT2D eigenvalue weighted by Gasteiger charge is -2.00. The second kappa shape index (κ2) is 2.81. The molecular formula is C7H9N5O. The van der Waals surface area contributed by atoms with E-state index in [1.807, 2.05) is 0 Å². The van der Waals surface area contributed by atoms with E-state index in [0.717, 1.165) is 5.69 Å². The molecule has 0 saturated heterocycles. The Hall–Kier alpha value is -1.98. The summed E-state index contributed by atoms with van der Waals surface area (Å²) in [6.45, 7) is 0. The summed E-state index contributed by atoms with van der Waals surface area (Å²) in [7, 11) is 1.78. The average molecular weight is 179 g/mol. The molecule has 6 heteroatoms. The Morgan fingerprint density at radius 2 is 2.38 bits per heavy atom. The second-order valence-electron chi connectivity index (χ2n) is 2.58. The van der Waals surface area contributed by atoms with Crippen LogP contribution in [0.3, 0.4) is 0 Å². The van der Waals surface area contributed by atoms with Gasteiger partial charge in [0, 0.05) is 7.05 Å². The van der Waals surface area contributed by atoms with Gasteiger partial charge in [0.25, 0.3) is 0 Å². The molecule has 0 saturated carbocycles. The fourth-order valence-corrected chi connectivity index (χ4v) is 0.915. The van der Waals surface area contributed by atoms with Crippen LogP contribution in [0.5, 0.6) is 0 Å². The smallest absolute Gasteiger partial charge is 0.230 e. The Bertz CT molecular complexity index is 391. The SMILES string of the molecule is Cn1c(N)nnc1Nc1ccoc1. The molecule has 2 heterocycles. The number of hydrogen-bond donors (Lipinski definition) is 2. The summed E-state index contributed by atoms with van der Waals surface area (Å²) in [4.78, 5) is 0. The van der Waals surface area contributed by atoms with Crippen LogP contribution in [0.1, 0.15) is 0 Å². The minimum absolute atomic E-state index is 0.367. The van der Waals surface area contributed by atoms with Gasteiger partial charge in [-0.3, -0.25) is 4.57 Å². The van der Waals surface area contributed by atoms with Gasteiger partial charge in [0.2, 0.25) is 11.9 Å². The zero-order valence-corrected chi connectivity index (χ0v) is 7.06. The molecule has 3 N–H and O–H groups in total. The van der Waals surface area contributed by atoms with Crippen molar-refractivity contribution in [2.75, 3.05) is 11.1 Å². The molecule has 0 fully saturated rings. The molecule has 0 aliphatic carbocycles. The van der Waals surface area contributed by atoms with Crippen LogP contribution >= 0.6 is 0 Å². The molecule has 0 unspecified atom stereocenters. The van der Waals surface area contributed by atoms with E-state index in [-0.39, 0.29) is 0 Å².